The Morgan fingerprint density at radius 1 is 0.906 bits per heavy atom. The number of amides is 4. The van der Waals surface area contributed by atoms with Crippen LogP contribution in [-0.2, 0) is 25.7 Å². The van der Waals surface area contributed by atoms with E-state index in [9.17, 15) is 19.2 Å². The molecule has 0 aromatic heterocycles. The lowest BCUT2D eigenvalue weighted by molar-refractivity contribution is -0.133. The third-order valence-corrected chi connectivity index (χ3v) is 4.45. The Morgan fingerprint density at radius 3 is 2.12 bits per heavy atom. The van der Waals surface area contributed by atoms with E-state index in [0.29, 0.717) is 13.0 Å². The van der Waals surface area contributed by atoms with Crippen LogP contribution in [0.2, 0.25) is 0 Å². The van der Waals surface area contributed by atoms with E-state index >= 15 is 0 Å². The summed E-state index contributed by atoms with van der Waals surface area (Å²) >= 11 is 0. The second-order valence-corrected chi connectivity index (χ2v) is 7.37. The Kier molecular flexibility index (Phi) is 11.2. The lowest BCUT2D eigenvalue weighted by Crippen LogP contribution is -2.55. The molecule has 0 aliphatic heterocycles. The average Bonchev–Trinajstić information content (AvgIpc) is 2.73. The molecule has 0 fully saturated rings. The number of aliphatic imine (C=N–C) groups is 1. The van der Waals surface area contributed by atoms with Gasteiger partial charge in [-0.3, -0.25) is 24.2 Å². The van der Waals surface area contributed by atoms with Crippen LogP contribution in [0.3, 0.4) is 0 Å². The normalized spacial score (nSPS) is 13.1. The van der Waals surface area contributed by atoms with Crippen molar-refractivity contribution in [2.24, 2.45) is 16.5 Å². The van der Waals surface area contributed by atoms with Gasteiger partial charge in [-0.05, 0) is 32.3 Å². The average molecular weight is 448 g/mol. The monoisotopic (exact) mass is 447 g/mol. The van der Waals surface area contributed by atoms with Crippen molar-refractivity contribution in [3.05, 3.63) is 35.9 Å². The SMILES string of the molecule is CC(=O)N[C@@H](C)C(=O)N[C@@H](CCCN=C(N)N)C(=O)N[C@@H](C)C(=O)NCc1ccccc1. The van der Waals surface area contributed by atoms with E-state index in [2.05, 4.69) is 26.3 Å². The molecule has 176 valence electrons. The molecule has 0 aliphatic rings. The summed E-state index contributed by atoms with van der Waals surface area (Å²) in [6, 6.07) is 6.78. The van der Waals surface area contributed by atoms with E-state index < -0.39 is 29.9 Å². The second kappa shape index (κ2) is 13.6. The van der Waals surface area contributed by atoms with E-state index in [1.165, 1.54) is 13.8 Å². The summed E-state index contributed by atoms with van der Waals surface area (Å²) in [6.45, 7) is 4.95. The van der Waals surface area contributed by atoms with Crippen LogP contribution in [0, 0.1) is 0 Å². The predicted octanol–water partition coefficient (Wildman–Crippen LogP) is -1.13. The Labute approximate surface area is 187 Å². The lowest BCUT2D eigenvalue weighted by atomic mass is 10.1. The molecule has 0 unspecified atom stereocenters. The van der Waals surface area contributed by atoms with Crippen LogP contribution >= 0.6 is 0 Å². The van der Waals surface area contributed by atoms with Crippen LogP contribution in [0.15, 0.2) is 35.3 Å². The van der Waals surface area contributed by atoms with Crippen molar-refractivity contribution in [1.82, 2.24) is 21.3 Å². The third-order valence-electron chi connectivity index (χ3n) is 4.45. The van der Waals surface area contributed by atoms with E-state index in [-0.39, 0.29) is 30.7 Å². The Morgan fingerprint density at radius 2 is 1.53 bits per heavy atom. The highest BCUT2D eigenvalue weighted by atomic mass is 16.2. The first-order valence-electron chi connectivity index (χ1n) is 10.3. The van der Waals surface area contributed by atoms with E-state index in [1.54, 1.807) is 6.92 Å². The maximum atomic E-state index is 12.8. The summed E-state index contributed by atoms with van der Waals surface area (Å²) in [6.07, 6.45) is 0.652. The van der Waals surface area contributed by atoms with Gasteiger partial charge in [-0.2, -0.15) is 0 Å². The van der Waals surface area contributed by atoms with Gasteiger partial charge in [0.15, 0.2) is 5.96 Å². The molecule has 3 atom stereocenters. The topological polar surface area (TPSA) is 181 Å². The number of carbonyl (C=O) groups is 4. The minimum absolute atomic E-state index is 0.0713. The molecule has 8 N–H and O–H groups in total. The maximum Gasteiger partial charge on any atom is 0.243 e. The molecule has 0 saturated heterocycles. The molecule has 4 amide bonds. The zero-order valence-electron chi connectivity index (χ0n) is 18.7. The summed E-state index contributed by atoms with van der Waals surface area (Å²) < 4.78 is 0. The molecule has 32 heavy (non-hydrogen) atoms. The number of nitrogens with one attached hydrogen (secondary N) is 4. The van der Waals surface area contributed by atoms with Crippen molar-refractivity contribution in [3.8, 4) is 0 Å². The molecular formula is C21H33N7O4. The zero-order valence-corrected chi connectivity index (χ0v) is 18.7. The quantitative estimate of drug-likeness (QED) is 0.134. The molecule has 0 spiro atoms. The third kappa shape index (κ3) is 10.4. The molecule has 0 aliphatic carbocycles. The minimum Gasteiger partial charge on any atom is -0.370 e. The number of benzene rings is 1. The van der Waals surface area contributed by atoms with Gasteiger partial charge in [-0.25, -0.2) is 0 Å². The number of hydrogen-bond acceptors (Lipinski definition) is 5. The van der Waals surface area contributed by atoms with E-state index in [1.807, 2.05) is 30.3 Å². The highest BCUT2D eigenvalue weighted by molar-refractivity contribution is 5.93. The molecule has 11 nitrogen and oxygen atoms in total. The van der Waals surface area contributed by atoms with Crippen LogP contribution in [0.25, 0.3) is 0 Å². The van der Waals surface area contributed by atoms with Crippen LogP contribution in [0.1, 0.15) is 39.2 Å². The van der Waals surface area contributed by atoms with E-state index in [0.717, 1.165) is 5.56 Å². The van der Waals surface area contributed by atoms with Gasteiger partial charge in [-0.1, -0.05) is 30.3 Å². The first kappa shape index (κ1) is 26.4. The number of hydrogen-bond donors (Lipinski definition) is 6. The largest absolute Gasteiger partial charge is 0.370 e. The van der Waals surface area contributed by atoms with Gasteiger partial charge in [-0.15, -0.1) is 0 Å². The number of guanidine groups is 1. The van der Waals surface area contributed by atoms with Crippen molar-refractivity contribution >= 4 is 29.6 Å². The van der Waals surface area contributed by atoms with Crippen LogP contribution in [0.5, 0.6) is 0 Å². The lowest BCUT2D eigenvalue weighted by Gasteiger charge is -2.23. The standard InChI is InChI=1S/C21H33N7O4/c1-13(18(30)25-12-16-8-5-4-6-9-16)27-20(32)17(10-7-11-24-21(22)23)28-19(31)14(2)26-15(3)29/h4-6,8-9,13-14,17H,7,10-12H2,1-3H3,(H,25,30)(H,26,29)(H,27,32)(H,28,31)(H4,22,23,24)/t13-,14-,17-/m0/s1. The van der Waals surface area contributed by atoms with Gasteiger partial charge in [0.05, 0.1) is 0 Å². The molecule has 1 aromatic rings. The fraction of sp³-hybridized carbons (Fsp3) is 0.476. The second-order valence-electron chi connectivity index (χ2n) is 7.37. The Bertz CT molecular complexity index is 810. The van der Waals surface area contributed by atoms with E-state index in [4.69, 9.17) is 11.5 Å². The molecular weight excluding hydrogens is 414 g/mol. The smallest absolute Gasteiger partial charge is 0.243 e. The first-order chi connectivity index (χ1) is 15.1. The highest BCUT2D eigenvalue weighted by Gasteiger charge is 2.26. The molecule has 0 heterocycles. The zero-order chi connectivity index (χ0) is 24.1. The number of nitrogens with two attached hydrogens (primary N) is 2. The summed E-state index contributed by atoms with van der Waals surface area (Å²) in [5, 5.41) is 10.4. The Hall–Kier alpha value is -3.63. The van der Waals surface area contributed by atoms with Crippen molar-refractivity contribution in [2.75, 3.05) is 6.54 Å². The van der Waals surface area contributed by atoms with Gasteiger partial charge in [0.2, 0.25) is 23.6 Å². The van der Waals surface area contributed by atoms with Gasteiger partial charge in [0.25, 0.3) is 0 Å². The number of nitrogens with zero attached hydrogens (tertiary/aromatic N) is 1. The molecule has 1 rings (SSSR count). The fourth-order valence-corrected chi connectivity index (χ4v) is 2.76. The fourth-order valence-electron chi connectivity index (χ4n) is 2.76. The van der Waals surface area contributed by atoms with Gasteiger partial charge in [0.1, 0.15) is 18.1 Å². The molecule has 0 bridgehead atoms. The molecule has 0 radical (unpaired) electrons. The maximum absolute atomic E-state index is 12.8. The minimum atomic E-state index is -0.933. The summed E-state index contributed by atoms with van der Waals surface area (Å²) in [5.41, 5.74) is 11.5. The van der Waals surface area contributed by atoms with Crippen molar-refractivity contribution < 1.29 is 19.2 Å². The number of rotatable bonds is 12. The van der Waals surface area contributed by atoms with Gasteiger partial charge >= 0.3 is 0 Å². The van der Waals surface area contributed by atoms with Crippen LogP contribution < -0.4 is 32.7 Å². The van der Waals surface area contributed by atoms with Gasteiger partial charge < -0.3 is 32.7 Å². The molecule has 11 heteroatoms. The van der Waals surface area contributed by atoms with Crippen LogP contribution in [-0.4, -0.2) is 54.3 Å². The first-order valence-corrected chi connectivity index (χ1v) is 10.3. The predicted molar refractivity (Wildman–Crippen MR) is 121 cm³/mol. The van der Waals surface area contributed by atoms with Crippen molar-refractivity contribution in [1.29, 1.82) is 0 Å². The summed E-state index contributed by atoms with van der Waals surface area (Å²) in [4.78, 5) is 52.5. The Balaban J connectivity index is 2.70. The highest BCUT2D eigenvalue weighted by Crippen LogP contribution is 2.02. The number of carbonyl (C=O) groups excluding carboxylic acids is 4. The summed E-state index contributed by atoms with van der Waals surface area (Å²) in [7, 11) is 0. The molecule has 1 aromatic carbocycles. The van der Waals surface area contributed by atoms with Crippen LogP contribution in [0.4, 0.5) is 0 Å². The van der Waals surface area contributed by atoms with Crippen molar-refractivity contribution in [2.45, 2.75) is 58.3 Å². The summed E-state index contributed by atoms with van der Waals surface area (Å²) in [5.74, 6) is -1.86. The van der Waals surface area contributed by atoms with Gasteiger partial charge in [0, 0.05) is 20.0 Å². The van der Waals surface area contributed by atoms with Crippen molar-refractivity contribution in [3.63, 3.8) is 0 Å². The molecule has 0 saturated carbocycles.